The Morgan fingerprint density at radius 1 is 0.900 bits per heavy atom. The molecule has 0 N–H and O–H groups in total. The molecule has 1 saturated heterocycles. The van der Waals surface area contributed by atoms with Gasteiger partial charge in [-0.2, -0.15) is 0 Å². The van der Waals surface area contributed by atoms with Crippen LogP contribution >= 0.6 is 0 Å². The summed E-state index contributed by atoms with van der Waals surface area (Å²) in [6.45, 7) is 2.37. The fourth-order valence-electron chi connectivity index (χ4n) is 5.60. The zero-order valence-corrected chi connectivity index (χ0v) is 17.3. The number of amides is 1. The first-order valence-electron chi connectivity index (χ1n) is 11.3. The Kier molecular flexibility index (Phi) is 4.44. The van der Waals surface area contributed by atoms with Crippen molar-refractivity contribution >= 4 is 11.6 Å². The van der Waals surface area contributed by atoms with E-state index in [9.17, 15) is 4.79 Å². The summed E-state index contributed by atoms with van der Waals surface area (Å²) in [6.07, 6.45) is 6.52. The lowest BCUT2D eigenvalue weighted by atomic mass is 10.0. The highest BCUT2D eigenvalue weighted by Gasteiger charge is 2.61. The predicted molar refractivity (Wildman–Crippen MR) is 114 cm³/mol. The highest BCUT2D eigenvalue weighted by molar-refractivity contribution is 6.06. The van der Waals surface area contributed by atoms with Gasteiger partial charge in [0.1, 0.15) is 0 Å². The topological polar surface area (TPSA) is 42.0 Å². The summed E-state index contributed by atoms with van der Waals surface area (Å²) >= 11 is 0. The summed E-state index contributed by atoms with van der Waals surface area (Å²) in [5.41, 5.74) is 4.58. The molecule has 1 saturated carbocycles. The molecule has 5 nitrogen and oxygen atoms in total. The number of fused-ring (bicyclic) bond motifs is 4. The summed E-state index contributed by atoms with van der Waals surface area (Å²) < 4.78 is 13.0. The molecule has 5 heteroatoms. The van der Waals surface area contributed by atoms with E-state index in [4.69, 9.17) is 9.47 Å². The number of carbonyl (C=O) groups is 1. The highest BCUT2D eigenvalue weighted by atomic mass is 16.8. The fraction of sp³-hybridized carbons (Fsp3) is 0.480. The largest absolute Gasteiger partial charge is 0.332 e. The molecule has 0 radical (unpaired) electrons. The first-order chi connectivity index (χ1) is 14.7. The minimum absolute atomic E-state index is 0.0197. The molecular formula is C25H28N2O3. The van der Waals surface area contributed by atoms with Gasteiger partial charge in [0.15, 0.2) is 0 Å². The Morgan fingerprint density at radius 2 is 1.60 bits per heavy atom. The summed E-state index contributed by atoms with van der Waals surface area (Å²) in [7, 11) is 0. The Hall–Kier alpha value is -2.21. The van der Waals surface area contributed by atoms with Crippen molar-refractivity contribution in [2.45, 2.75) is 63.1 Å². The lowest BCUT2D eigenvalue weighted by molar-refractivity contribution is -0.191. The Balaban J connectivity index is 1.29. The van der Waals surface area contributed by atoms with Crippen LogP contribution in [-0.2, 0) is 33.0 Å². The molecule has 3 atom stereocenters. The van der Waals surface area contributed by atoms with Gasteiger partial charge in [-0.25, -0.2) is 0 Å². The van der Waals surface area contributed by atoms with E-state index in [-0.39, 0.29) is 18.1 Å². The predicted octanol–water partition coefficient (Wildman–Crippen LogP) is 3.95. The number of para-hydroxylation sites is 1. The molecule has 1 spiro atoms. The normalized spacial score (nSPS) is 30.8. The van der Waals surface area contributed by atoms with Crippen LogP contribution in [0.5, 0.6) is 0 Å². The van der Waals surface area contributed by atoms with Gasteiger partial charge in [0.05, 0.1) is 24.6 Å². The van der Waals surface area contributed by atoms with Crippen molar-refractivity contribution in [3.8, 4) is 0 Å². The number of anilines is 1. The lowest BCUT2D eigenvalue weighted by Crippen LogP contribution is -2.47. The molecule has 4 aliphatic rings. The molecule has 0 aromatic heterocycles. The SMILES string of the molecule is O=C1N(CN2CCc3ccccc3C2)c2ccccc2C12O[C@H]1CCCCC[C@H]1O2. The third-order valence-corrected chi connectivity index (χ3v) is 7.15. The molecule has 156 valence electrons. The summed E-state index contributed by atoms with van der Waals surface area (Å²) in [6, 6.07) is 16.6. The van der Waals surface area contributed by atoms with Crippen molar-refractivity contribution in [3.63, 3.8) is 0 Å². The van der Waals surface area contributed by atoms with Gasteiger partial charge in [0, 0.05) is 18.7 Å². The molecule has 1 amide bonds. The van der Waals surface area contributed by atoms with E-state index in [1.165, 1.54) is 17.5 Å². The molecule has 6 rings (SSSR count). The lowest BCUT2D eigenvalue weighted by Gasteiger charge is -2.32. The maximum atomic E-state index is 13.8. The third kappa shape index (κ3) is 2.83. The first kappa shape index (κ1) is 18.6. The molecule has 30 heavy (non-hydrogen) atoms. The van der Waals surface area contributed by atoms with Gasteiger partial charge < -0.3 is 9.47 Å². The Morgan fingerprint density at radius 3 is 2.40 bits per heavy atom. The van der Waals surface area contributed by atoms with E-state index < -0.39 is 5.79 Å². The Bertz CT molecular complexity index is 960. The number of benzene rings is 2. The molecule has 2 aromatic carbocycles. The van der Waals surface area contributed by atoms with E-state index in [1.54, 1.807) is 0 Å². The van der Waals surface area contributed by atoms with Gasteiger partial charge in [-0.1, -0.05) is 61.7 Å². The van der Waals surface area contributed by atoms with Gasteiger partial charge in [-0.15, -0.1) is 0 Å². The maximum Gasteiger partial charge on any atom is 0.293 e. The standard InChI is InChI=1S/C25H28N2O3/c28-24-25(29-22-12-2-1-3-13-23(22)30-25)20-10-6-7-11-21(20)27(24)17-26-15-14-18-8-4-5-9-19(18)16-26/h4-11,22-23H,1-3,12-17H2/t22-,23+,25?. The van der Waals surface area contributed by atoms with Crippen molar-refractivity contribution in [3.05, 3.63) is 65.2 Å². The summed E-state index contributed by atoms with van der Waals surface area (Å²) in [4.78, 5) is 18.0. The number of ether oxygens (including phenoxy) is 2. The quantitative estimate of drug-likeness (QED) is 0.760. The third-order valence-electron chi connectivity index (χ3n) is 7.15. The molecule has 2 aromatic rings. The van der Waals surface area contributed by atoms with Crippen molar-refractivity contribution in [2.75, 3.05) is 18.1 Å². The maximum absolute atomic E-state index is 13.8. The Labute approximate surface area is 177 Å². The van der Waals surface area contributed by atoms with E-state index in [2.05, 4.69) is 29.2 Å². The van der Waals surface area contributed by atoms with E-state index in [0.717, 1.165) is 56.4 Å². The molecule has 0 bridgehead atoms. The number of hydrogen-bond donors (Lipinski definition) is 0. The number of carbonyl (C=O) groups excluding carboxylic acids is 1. The van der Waals surface area contributed by atoms with Crippen LogP contribution < -0.4 is 4.90 Å². The van der Waals surface area contributed by atoms with Crippen LogP contribution in [0.1, 0.15) is 48.8 Å². The highest BCUT2D eigenvalue weighted by Crippen LogP contribution is 2.50. The molecule has 1 aliphatic carbocycles. The fourth-order valence-corrected chi connectivity index (χ4v) is 5.60. The van der Waals surface area contributed by atoms with Crippen molar-refractivity contribution in [1.82, 2.24) is 4.90 Å². The van der Waals surface area contributed by atoms with E-state index in [0.29, 0.717) is 6.67 Å². The second-order valence-electron chi connectivity index (χ2n) is 9.03. The van der Waals surface area contributed by atoms with Crippen LogP contribution in [0, 0.1) is 0 Å². The van der Waals surface area contributed by atoms with Gasteiger partial charge in [-0.05, 0) is 36.5 Å². The average Bonchev–Trinajstić information content (AvgIpc) is 3.15. The number of hydrogen-bond acceptors (Lipinski definition) is 4. The van der Waals surface area contributed by atoms with E-state index >= 15 is 0 Å². The van der Waals surface area contributed by atoms with E-state index in [1.807, 2.05) is 29.2 Å². The second-order valence-corrected chi connectivity index (χ2v) is 9.03. The van der Waals surface area contributed by atoms with Crippen LogP contribution in [0.25, 0.3) is 0 Å². The monoisotopic (exact) mass is 404 g/mol. The van der Waals surface area contributed by atoms with Crippen molar-refractivity contribution < 1.29 is 14.3 Å². The van der Waals surface area contributed by atoms with Crippen LogP contribution in [0.2, 0.25) is 0 Å². The van der Waals surface area contributed by atoms with Crippen LogP contribution in [0.4, 0.5) is 5.69 Å². The van der Waals surface area contributed by atoms with Crippen LogP contribution in [0.3, 0.4) is 0 Å². The summed E-state index contributed by atoms with van der Waals surface area (Å²) in [5.74, 6) is -1.31. The van der Waals surface area contributed by atoms with Gasteiger partial charge in [-0.3, -0.25) is 14.6 Å². The zero-order valence-electron chi connectivity index (χ0n) is 17.3. The number of nitrogens with zero attached hydrogens (tertiary/aromatic N) is 2. The van der Waals surface area contributed by atoms with Gasteiger partial charge in [0.2, 0.25) is 0 Å². The van der Waals surface area contributed by atoms with Crippen molar-refractivity contribution in [2.24, 2.45) is 0 Å². The second kappa shape index (κ2) is 7.19. The number of rotatable bonds is 2. The van der Waals surface area contributed by atoms with Crippen LogP contribution in [-0.4, -0.2) is 36.2 Å². The van der Waals surface area contributed by atoms with Crippen molar-refractivity contribution in [1.29, 1.82) is 0 Å². The zero-order chi connectivity index (χ0) is 20.1. The molecule has 3 heterocycles. The smallest absolute Gasteiger partial charge is 0.293 e. The molecule has 1 unspecified atom stereocenters. The van der Waals surface area contributed by atoms with Gasteiger partial charge >= 0.3 is 0 Å². The molecular weight excluding hydrogens is 376 g/mol. The molecule has 3 aliphatic heterocycles. The molecule has 2 fully saturated rings. The van der Waals surface area contributed by atoms with Gasteiger partial charge in [0.25, 0.3) is 11.7 Å². The minimum atomic E-state index is -1.25. The minimum Gasteiger partial charge on any atom is -0.332 e. The van der Waals surface area contributed by atoms with Crippen LogP contribution in [0.15, 0.2) is 48.5 Å². The average molecular weight is 405 g/mol. The summed E-state index contributed by atoms with van der Waals surface area (Å²) in [5, 5.41) is 0. The first-order valence-corrected chi connectivity index (χ1v) is 11.3.